The third kappa shape index (κ3) is 3.55. The van der Waals surface area contributed by atoms with Gasteiger partial charge in [0.05, 0.1) is 16.1 Å². The summed E-state index contributed by atoms with van der Waals surface area (Å²) in [5, 5.41) is 9.64. The number of rotatable bonds is 5. The number of carboxylic acid groups (broad SMARTS) is 1. The molecule has 0 fully saturated rings. The van der Waals surface area contributed by atoms with Gasteiger partial charge in [0.15, 0.2) is 0 Å². The van der Waals surface area contributed by atoms with E-state index in [2.05, 4.69) is 0 Å². The molecule has 7 heteroatoms. The molecule has 0 saturated heterocycles. The Morgan fingerprint density at radius 3 is 2.21 bits per heavy atom. The smallest absolute Gasteiger partial charge is 0.337 e. The number of nitrogens with zero attached hydrogens (tertiary/aromatic N) is 1. The Hall–Kier alpha value is -2.05. The minimum atomic E-state index is -3.91. The first-order valence-electron chi connectivity index (χ1n) is 7.28. The second-order valence-electron chi connectivity index (χ2n) is 5.67. The van der Waals surface area contributed by atoms with Crippen LogP contribution in [0.15, 0.2) is 47.4 Å². The van der Waals surface area contributed by atoms with Crippen LogP contribution in [0.25, 0.3) is 0 Å². The monoisotopic (exact) mass is 367 g/mol. The van der Waals surface area contributed by atoms with E-state index in [9.17, 15) is 18.3 Å². The lowest BCUT2D eigenvalue weighted by Gasteiger charge is -2.29. The molecule has 0 aliphatic rings. The van der Waals surface area contributed by atoms with Crippen molar-refractivity contribution in [3.63, 3.8) is 0 Å². The molecule has 0 aliphatic heterocycles. The maximum absolute atomic E-state index is 13.0. The molecule has 128 valence electrons. The molecule has 0 heterocycles. The Balaban J connectivity index is 2.67. The lowest BCUT2D eigenvalue weighted by molar-refractivity contribution is 0.0697. The predicted octanol–water partition coefficient (Wildman–Crippen LogP) is 3.95. The molecule has 0 saturated carbocycles. The fourth-order valence-electron chi connectivity index (χ4n) is 2.38. The van der Waals surface area contributed by atoms with E-state index < -0.39 is 22.0 Å². The normalized spacial score (nSPS) is 11.5. The minimum Gasteiger partial charge on any atom is -0.478 e. The molecular formula is C17H18ClNO4S. The maximum Gasteiger partial charge on any atom is 0.337 e. The highest BCUT2D eigenvalue weighted by molar-refractivity contribution is 7.92. The second kappa shape index (κ2) is 6.83. The summed E-state index contributed by atoms with van der Waals surface area (Å²) in [5.41, 5.74) is 0.858. The second-order valence-corrected chi connectivity index (χ2v) is 7.93. The molecule has 2 aromatic rings. The highest BCUT2D eigenvalue weighted by Crippen LogP contribution is 2.31. The number of carboxylic acids is 1. The molecule has 2 aromatic carbocycles. The zero-order valence-electron chi connectivity index (χ0n) is 13.5. The Morgan fingerprint density at radius 1 is 1.12 bits per heavy atom. The predicted molar refractivity (Wildman–Crippen MR) is 94.4 cm³/mol. The van der Waals surface area contributed by atoms with E-state index in [1.807, 2.05) is 6.92 Å². The zero-order valence-corrected chi connectivity index (χ0v) is 15.1. The molecular weight excluding hydrogens is 350 g/mol. The van der Waals surface area contributed by atoms with Crippen molar-refractivity contribution in [2.75, 3.05) is 4.31 Å². The van der Waals surface area contributed by atoms with Crippen LogP contribution in [0.4, 0.5) is 5.69 Å². The van der Waals surface area contributed by atoms with Crippen molar-refractivity contribution in [3.05, 3.63) is 58.6 Å². The van der Waals surface area contributed by atoms with E-state index in [1.165, 1.54) is 30.3 Å². The fraction of sp³-hybridized carbons (Fsp3) is 0.235. The quantitative estimate of drug-likeness (QED) is 0.868. The SMILES string of the molecule is Cc1ccc(S(=O)(=O)N(c2ccc(Cl)cc2C(=O)O)C(C)C)cc1. The third-order valence-corrected chi connectivity index (χ3v) is 5.71. The molecule has 2 rings (SSSR count). The van der Waals surface area contributed by atoms with Gasteiger partial charge < -0.3 is 5.11 Å². The van der Waals surface area contributed by atoms with Crippen molar-refractivity contribution in [2.45, 2.75) is 31.7 Å². The largest absolute Gasteiger partial charge is 0.478 e. The van der Waals surface area contributed by atoms with Gasteiger partial charge in [-0.15, -0.1) is 0 Å². The molecule has 0 aromatic heterocycles. The lowest BCUT2D eigenvalue weighted by Crippen LogP contribution is -2.38. The summed E-state index contributed by atoms with van der Waals surface area (Å²) in [7, 11) is -3.91. The van der Waals surface area contributed by atoms with Gasteiger partial charge in [-0.2, -0.15) is 0 Å². The number of hydrogen-bond acceptors (Lipinski definition) is 3. The van der Waals surface area contributed by atoms with Crippen LogP contribution in [-0.2, 0) is 10.0 Å². The van der Waals surface area contributed by atoms with Crippen molar-refractivity contribution < 1.29 is 18.3 Å². The number of anilines is 1. The summed E-state index contributed by atoms with van der Waals surface area (Å²) in [6, 6.07) is 10.1. The van der Waals surface area contributed by atoms with Crippen LogP contribution in [0.5, 0.6) is 0 Å². The molecule has 0 unspecified atom stereocenters. The summed E-state index contributed by atoms with van der Waals surface area (Å²) in [6.07, 6.45) is 0. The summed E-state index contributed by atoms with van der Waals surface area (Å²) < 4.78 is 27.2. The van der Waals surface area contributed by atoms with Gasteiger partial charge in [0.2, 0.25) is 0 Å². The van der Waals surface area contributed by atoms with Gasteiger partial charge >= 0.3 is 5.97 Å². The molecule has 5 nitrogen and oxygen atoms in total. The topological polar surface area (TPSA) is 74.7 Å². The molecule has 0 bridgehead atoms. The molecule has 0 amide bonds. The highest BCUT2D eigenvalue weighted by atomic mass is 35.5. The number of hydrogen-bond donors (Lipinski definition) is 1. The molecule has 0 aliphatic carbocycles. The van der Waals surface area contributed by atoms with Crippen molar-refractivity contribution in [1.29, 1.82) is 0 Å². The Kier molecular flexibility index (Phi) is 5.20. The third-order valence-electron chi connectivity index (χ3n) is 3.47. The number of sulfonamides is 1. The van der Waals surface area contributed by atoms with Crippen LogP contribution >= 0.6 is 11.6 Å². The van der Waals surface area contributed by atoms with E-state index in [0.29, 0.717) is 0 Å². The van der Waals surface area contributed by atoms with Crippen molar-refractivity contribution in [2.24, 2.45) is 0 Å². The first-order chi connectivity index (χ1) is 11.1. The minimum absolute atomic E-state index is 0.0856. The number of aromatic carboxylic acids is 1. The average Bonchev–Trinajstić information content (AvgIpc) is 2.48. The van der Waals surface area contributed by atoms with E-state index in [0.717, 1.165) is 9.87 Å². The van der Waals surface area contributed by atoms with Crippen LogP contribution in [0.1, 0.15) is 29.8 Å². The number of carbonyl (C=O) groups is 1. The van der Waals surface area contributed by atoms with Crippen molar-refractivity contribution in [3.8, 4) is 0 Å². The van der Waals surface area contributed by atoms with Crippen LogP contribution < -0.4 is 4.31 Å². The highest BCUT2D eigenvalue weighted by Gasteiger charge is 2.30. The van der Waals surface area contributed by atoms with E-state index >= 15 is 0 Å². The van der Waals surface area contributed by atoms with E-state index in [4.69, 9.17) is 11.6 Å². The van der Waals surface area contributed by atoms with Gasteiger partial charge in [0.25, 0.3) is 10.0 Å². The van der Waals surface area contributed by atoms with Gasteiger partial charge in [-0.25, -0.2) is 13.2 Å². The molecule has 0 spiro atoms. The first kappa shape index (κ1) is 18.3. The van der Waals surface area contributed by atoms with Crippen LogP contribution in [0, 0.1) is 6.92 Å². The van der Waals surface area contributed by atoms with Crippen molar-refractivity contribution in [1.82, 2.24) is 0 Å². The molecule has 24 heavy (non-hydrogen) atoms. The van der Waals surface area contributed by atoms with Crippen molar-refractivity contribution >= 4 is 33.3 Å². The first-order valence-corrected chi connectivity index (χ1v) is 9.10. The maximum atomic E-state index is 13.0. The summed E-state index contributed by atoms with van der Waals surface area (Å²) in [5.74, 6) is -1.24. The number of aryl methyl sites for hydroxylation is 1. The average molecular weight is 368 g/mol. The number of halogens is 1. The zero-order chi connectivity index (χ0) is 18.1. The van der Waals surface area contributed by atoms with Gasteiger partial charge in [0, 0.05) is 11.1 Å². The molecule has 0 radical (unpaired) electrons. The molecule has 0 atom stereocenters. The Morgan fingerprint density at radius 2 is 1.71 bits per heavy atom. The summed E-state index contributed by atoms with van der Waals surface area (Å²) in [6.45, 7) is 5.23. The van der Waals surface area contributed by atoms with Gasteiger partial charge in [-0.1, -0.05) is 29.3 Å². The summed E-state index contributed by atoms with van der Waals surface area (Å²) >= 11 is 5.86. The van der Waals surface area contributed by atoms with Gasteiger partial charge in [-0.3, -0.25) is 4.31 Å². The number of benzene rings is 2. The Bertz CT molecular complexity index is 861. The van der Waals surface area contributed by atoms with Gasteiger partial charge in [0.1, 0.15) is 0 Å². The van der Waals surface area contributed by atoms with Crippen LogP contribution in [0.2, 0.25) is 5.02 Å². The van der Waals surface area contributed by atoms with E-state index in [-0.39, 0.29) is 21.2 Å². The van der Waals surface area contributed by atoms with Crippen LogP contribution in [0.3, 0.4) is 0 Å². The standard InChI is InChI=1S/C17H18ClNO4S/c1-11(2)19(16-9-6-13(18)10-15(16)17(20)21)24(22,23)14-7-4-12(3)5-8-14/h4-11H,1-3H3,(H,20,21). The van der Waals surface area contributed by atoms with E-state index in [1.54, 1.807) is 26.0 Å². The summed E-state index contributed by atoms with van der Waals surface area (Å²) in [4.78, 5) is 11.6. The van der Waals surface area contributed by atoms with Gasteiger partial charge in [-0.05, 0) is 51.1 Å². The molecule has 1 N–H and O–H groups in total. The lowest BCUT2D eigenvalue weighted by atomic mass is 10.1. The van der Waals surface area contributed by atoms with Crippen LogP contribution in [-0.4, -0.2) is 25.5 Å². The Labute approximate surface area is 146 Å². The fourth-order valence-corrected chi connectivity index (χ4v) is 4.23.